The lowest BCUT2D eigenvalue weighted by Crippen LogP contribution is -2.22. The lowest BCUT2D eigenvalue weighted by atomic mass is 10.0. The highest BCUT2D eigenvalue weighted by atomic mass is 19.2. The number of H-pyrrole nitrogens is 1. The van der Waals surface area contributed by atoms with E-state index in [2.05, 4.69) is 20.5 Å². The average molecular weight is 406 g/mol. The first kappa shape index (κ1) is 19.7. The molecule has 1 amide bonds. The minimum absolute atomic E-state index is 0.129. The second-order valence-corrected chi connectivity index (χ2v) is 7.10. The van der Waals surface area contributed by atoms with Gasteiger partial charge in [-0.3, -0.25) is 14.9 Å². The second kappa shape index (κ2) is 8.02. The van der Waals surface area contributed by atoms with Crippen LogP contribution in [-0.2, 0) is 6.42 Å². The van der Waals surface area contributed by atoms with Gasteiger partial charge in [-0.1, -0.05) is 12.1 Å². The molecule has 2 aromatic carbocycles. The molecule has 0 atom stereocenters. The molecule has 0 aliphatic carbocycles. The maximum atomic E-state index is 13.5. The van der Waals surface area contributed by atoms with Crippen molar-refractivity contribution in [3.63, 3.8) is 0 Å². The van der Waals surface area contributed by atoms with Gasteiger partial charge in [0.15, 0.2) is 11.6 Å². The van der Waals surface area contributed by atoms with Gasteiger partial charge in [-0.15, -0.1) is 0 Å². The number of nitrogens with zero attached hydrogens (tertiary/aromatic N) is 2. The molecule has 0 radical (unpaired) electrons. The summed E-state index contributed by atoms with van der Waals surface area (Å²) < 4.78 is 26.7. The van der Waals surface area contributed by atoms with Crippen LogP contribution in [0.1, 0.15) is 34.1 Å². The van der Waals surface area contributed by atoms with Crippen LogP contribution in [0.3, 0.4) is 0 Å². The van der Waals surface area contributed by atoms with Crippen molar-refractivity contribution in [2.24, 2.45) is 0 Å². The van der Waals surface area contributed by atoms with E-state index in [1.165, 1.54) is 12.1 Å². The highest BCUT2D eigenvalue weighted by molar-refractivity contribution is 5.96. The zero-order valence-electron chi connectivity index (χ0n) is 16.6. The van der Waals surface area contributed by atoms with E-state index in [1.54, 1.807) is 12.3 Å². The summed E-state index contributed by atoms with van der Waals surface area (Å²) in [5.41, 5.74) is 5.24. The molecule has 0 unspecified atom stereocenters. The third-order valence-electron chi connectivity index (χ3n) is 4.99. The molecule has 0 bridgehead atoms. The number of nitrogens with one attached hydrogen (secondary N) is 2. The first-order valence-corrected chi connectivity index (χ1v) is 9.62. The molecule has 152 valence electrons. The Morgan fingerprint density at radius 2 is 1.93 bits per heavy atom. The van der Waals surface area contributed by atoms with Crippen LogP contribution in [0.25, 0.3) is 22.2 Å². The number of rotatable bonds is 5. The Morgan fingerprint density at radius 1 is 1.10 bits per heavy atom. The lowest BCUT2D eigenvalue weighted by molar-refractivity contribution is 0.0956. The lowest BCUT2D eigenvalue weighted by Gasteiger charge is -2.09. The Kier molecular flexibility index (Phi) is 5.27. The van der Waals surface area contributed by atoms with Gasteiger partial charge in [0.25, 0.3) is 5.91 Å². The van der Waals surface area contributed by atoms with Crippen LogP contribution in [0.2, 0.25) is 0 Å². The predicted octanol–water partition coefficient (Wildman–Crippen LogP) is 4.55. The largest absolute Gasteiger partial charge is 0.352 e. The van der Waals surface area contributed by atoms with Crippen molar-refractivity contribution in [1.29, 1.82) is 0 Å². The van der Waals surface area contributed by atoms with Gasteiger partial charge >= 0.3 is 0 Å². The third-order valence-corrected chi connectivity index (χ3v) is 4.99. The normalized spacial score (nSPS) is 11.1. The van der Waals surface area contributed by atoms with Crippen molar-refractivity contribution in [3.05, 3.63) is 82.7 Å². The van der Waals surface area contributed by atoms with Gasteiger partial charge in [0.1, 0.15) is 0 Å². The van der Waals surface area contributed by atoms with Gasteiger partial charge < -0.3 is 5.32 Å². The van der Waals surface area contributed by atoms with E-state index in [-0.39, 0.29) is 5.91 Å². The quantitative estimate of drug-likeness (QED) is 0.511. The Hall–Kier alpha value is -3.61. The Bertz CT molecular complexity index is 1250. The molecule has 0 aliphatic rings. The summed E-state index contributed by atoms with van der Waals surface area (Å²) >= 11 is 0. The number of aromatic amines is 1. The number of carbonyl (C=O) groups is 1. The summed E-state index contributed by atoms with van der Waals surface area (Å²) in [6, 6.07) is 11.2. The number of halogens is 2. The Morgan fingerprint density at radius 3 is 2.70 bits per heavy atom. The molecule has 0 fully saturated rings. The Labute approximate surface area is 172 Å². The summed E-state index contributed by atoms with van der Waals surface area (Å²) in [5.74, 6) is -1.88. The monoisotopic (exact) mass is 406 g/mol. The maximum Gasteiger partial charge on any atom is 0.251 e. The van der Waals surface area contributed by atoms with Gasteiger partial charge in [-0.25, -0.2) is 8.78 Å². The molecule has 0 saturated carbocycles. The number of pyridine rings is 1. The first-order valence-electron chi connectivity index (χ1n) is 9.62. The van der Waals surface area contributed by atoms with Gasteiger partial charge in [-0.05, 0) is 55.3 Å². The van der Waals surface area contributed by atoms with Crippen molar-refractivity contribution in [1.82, 2.24) is 20.5 Å². The van der Waals surface area contributed by atoms with Gasteiger partial charge in [0.2, 0.25) is 0 Å². The van der Waals surface area contributed by atoms with Crippen LogP contribution in [0.5, 0.6) is 0 Å². The minimum atomic E-state index is -0.879. The summed E-state index contributed by atoms with van der Waals surface area (Å²) in [5, 5.41) is 10.9. The molecule has 4 rings (SSSR count). The number of benzene rings is 2. The van der Waals surface area contributed by atoms with Gasteiger partial charge in [0, 0.05) is 35.7 Å². The van der Waals surface area contributed by atoms with E-state index in [9.17, 15) is 13.6 Å². The average Bonchev–Trinajstić information content (AvgIpc) is 3.13. The van der Waals surface area contributed by atoms with Gasteiger partial charge in [-0.2, -0.15) is 5.10 Å². The molecule has 0 spiro atoms. The zero-order valence-corrected chi connectivity index (χ0v) is 16.6. The summed E-state index contributed by atoms with van der Waals surface area (Å²) in [6.45, 7) is 4.39. The molecular formula is C23H20F2N4O. The van der Waals surface area contributed by atoms with Crippen molar-refractivity contribution in [3.8, 4) is 11.3 Å². The fraction of sp³-hybridized carbons (Fsp3) is 0.174. The third kappa shape index (κ3) is 3.78. The Balaban J connectivity index is 1.67. The summed E-state index contributed by atoms with van der Waals surface area (Å²) in [4.78, 5) is 16.7. The topological polar surface area (TPSA) is 70.7 Å². The number of fused-ring (bicyclic) bond motifs is 1. The highest BCUT2D eigenvalue weighted by Crippen LogP contribution is 2.27. The summed E-state index contributed by atoms with van der Waals surface area (Å²) in [6.07, 6.45) is 2.06. The standard InChI is InChI=1S/C23H20F2N4O/c1-3-26-23(30)15-6-4-13(2)16(10-15)20-11-22-17(12-27-20)21(28-29-22)9-14-5-7-18(24)19(25)8-14/h4-8,10-12H,3,9H2,1-2H3,(H,26,30)(H,28,29). The summed E-state index contributed by atoms with van der Waals surface area (Å²) in [7, 11) is 0. The molecule has 2 heterocycles. The van der Waals surface area contributed by atoms with Crippen LogP contribution in [-0.4, -0.2) is 27.6 Å². The molecule has 2 aromatic heterocycles. The maximum absolute atomic E-state index is 13.5. The molecule has 7 heteroatoms. The van der Waals surface area contributed by atoms with Crippen LogP contribution in [0, 0.1) is 18.6 Å². The van der Waals surface area contributed by atoms with E-state index < -0.39 is 11.6 Å². The van der Waals surface area contributed by atoms with E-state index in [1.807, 2.05) is 32.0 Å². The van der Waals surface area contributed by atoms with Gasteiger partial charge in [0.05, 0.1) is 16.9 Å². The molecule has 5 nitrogen and oxygen atoms in total. The number of hydrogen-bond donors (Lipinski definition) is 2. The molecule has 0 aliphatic heterocycles. The van der Waals surface area contributed by atoms with Crippen LogP contribution < -0.4 is 5.32 Å². The second-order valence-electron chi connectivity index (χ2n) is 7.10. The van der Waals surface area contributed by atoms with Crippen molar-refractivity contribution in [2.45, 2.75) is 20.3 Å². The number of carbonyl (C=O) groups excluding carboxylic acids is 1. The van der Waals surface area contributed by atoms with E-state index >= 15 is 0 Å². The van der Waals surface area contributed by atoms with Crippen LogP contribution >= 0.6 is 0 Å². The van der Waals surface area contributed by atoms with E-state index in [0.29, 0.717) is 35.5 Å². The smallest absolute Gasteiger partial charge is 0.251 e. The molecular weight excluding hydrogens is 386 g/mol. The van der Waals surface area contributed by atoms with E-state index in [0.717, 1.165) is 28.1 Å². The van der Waals surface area contributed by atoms with E-state index in [4.69, 9.17) is 0 Å². The molecule has 30 heavy (non-hydrogen) atoms. The minimum Gasteiger partial charge on any atom is -0.352 e. The zero-order chi connectivity index (χ0) is 21.3. The fourth-order valence-corrected chi connectivity index (χ4v) is 3.39. The van der Waals surface area contributed by atoms with Crippen molar-refractivity contribution in [2.75, 3.05) is 6.54 Å². The molecule has 2 N–H and O–H groups in total. The van der Waals surface area contributed by atoms with Crippen LogP contribution in [0.4, 0.5) is 8.78 Å². The number of amides is 1. The van der Waals surface area contributed by atoms with Crippen molar-refractivity contribution >= 4 is 16.8 Å². The van der Waals surface area contributed by atoms with Crippen molar-refractivity contribution < 1.29 is 13.6 Å². The fourth-order valence-electron chi connectivity index (χ4n) is 3.39. The molecule has 4 aromatic rings. The molecule has 0 saturated heterocycles. The predicted molar refractivity (Wildman–Crippen MR) is 111 cm³/mol. The number of aromatic nitrogens is 3. The first-order chi connectivity index (χ1) is 14.5. The number of aryl methyl sites for hydroxylation is 1. The SMILES string of the molecule is CCNC(=O)c1ccc(C)c(-c2cc3[nH]nc(Cc4ccc(F)c(F)c4)c3cn2)c1. The van der Waals surface area contributed by atoms with Crippen LogP contribution in [0.15, 0.2) is 48.7 Å². The highest BCUT2D eigenvalue weighted by Gasteiger charge is 2.13. The number of hydrogen-bond acceptors (Lipinski definition) is 3.